The molecule has 0 aliphatic carbocycles. The molecule has 1 aliphatic rings. The van der Waals surface area contributed by atoms with Crippen molar-refractivity contribution in [3.8, 4) is 5.88 Å². The zero-order chi connectivity index (χ0) is 31.0. The molecule has 2 N–H and O–H groups in total. The first-order valence-corrected chi connectivity index (χ1v) is 13.5. The summed E-state index contributed by atoms with van der Waals surface area (Å²) >= 11 is 3.26. The van der Waals surface area contributed by atoms with Crippen molar-refractivity contribution >= 4 is 27.7 Å². The maximum atomic E-state index is 13.4. The fourth-order valence-corrected chi connectivity index (χ4v) is 5.26. The van der Waals surface area contributed by atoms with E-state index in [0.717, 1.165) is 0 Å². The summed E-state index contributed by atoms with van der Waals surface area (Å²) in [6, 6.07) is 3.17. The number of pyridine rings is 1. The van der Waals surface area contributed by atoms with Crippen LogP contribution in [-0.2, 0) is 23.5 Å². The molecule has 3 atom stereocenters. The van der Waals surface area contributed by atoms with E-state index in [0.29, 0.717) is 29.9 Å². The predicted octanol–water partition coefficient (Wildman–Crippen LogP) is 6.49. The monoisotopic (exact) mass is 661 g/mol. The van der Waals surface area contributed by atoms with Gasteiger partial charge < -0.3 is 15.2 Å². The minimum absolute atomic E-state index is 0.0706. The summed E-state index contributed by atoms with van der Waals surface area (Å²) in [6.07, 6.45) is -9.23. The van der Waals surface area contributed by atoms with E-state index in [4.69, 9.17) is 15.2 Å². The number of amides is 1. The molecule has 1 aromatic carbocycles. The number of carbonyl (C=O) groups excluding carboxylic acids is 1. The SMILES string of the molecule is CCOC(=O)N1c2ccc(OC)nc2C(c2ncc(Br)c(Cc3cc(C(F)(F)F)cc(C(F)(F)F)c3)n2)C(N)C1CC. The van der Waals surface area contributed by atoms with E-state index in [-0.39, 0.29) is 46.5 Å². The van der Waals surface area contributed by atoms with Crippen LogP contribution < -0.4 is 15.4 Å². The van der Waals surface area contributed by atoms with Crippen LogP contribution in [0.4, 0.5) is 36.8 Å². The van der Waals surface area contributed by atoms with Gasteiger partial charge in [0.2, 0.25) is 5.88 Å². The lowest BCUT2D eigenvalue weighted by Gasteiger charge is -2.42. The molecule has 226 valence electrons. The molecule has 3 unspecified atom stereocenters. The number of benzene rings is 1. The molecule has 0 bridgehead atoms. The molecule has 8 nitrogen and oxygen atoms in total. The van der Waals surface area contributed by atoms with Crippen LogP contribution >= 0.6 is 15.9 Å². The summed E-state index contributed by atoms with van der Waals surface area (Å²) in [5, 5.41) is 0. The maximum Gasteiger partial charge on any atom is 0.416 e. The van der Waals surface area contributed by atoms with Crippen molar-refractivity contribution in [1.29, 1.82) is 0 Å². The number of carbonyl (C=O) groups is 1. The Kier molecular flexibility index (Phi) is 9.02. The van der Waals surface area contributed by atoms with Gasteiger partial charge in [0.15, 0.2) is 0 Å². The third-order valence-electron chi connectivity index (χ3n) is 6.82. The summed E-state index contributed by atoms with van der Waals surface area (Å²) in [4.78, 5) is 27.8. The minimum Gasteiger partial charge on any atom is -0.481 e. The second-order valence-corrected chi connectivity index (χ2v) is 10.3. The van der Waals surface area contributed by atoms with E-state index in [1.54, 1.807) is 19.1 Å². The van der Waals surface area contributed by atoms with E-state index in [2.05, 4.69) is 30.9 Å². The van der Waals surface area contributed by atoms with Crippen molar-refractivity contribution < 1.29 is 40.6 Å². The Labute approximate surface area is 245 Å². The fourth-order valence-electron chi connectivity index (χ4n) is 4.93. The molecule has 2 aromatic heterocycles. The number of ether oxygens (including phenoxy) is 2. The van der Waals surface area contributed by atoms with E-state index in [1.807, 2.05) is 6.92 Å². The minimum atomic E-state index is -4.99. The number of fused-ring (bicyclic) bond motifs is 1. The highest BCUT2D eigenvalue weighted by Gasteiger charge is 2.45. The summed E-state index contributed by atoms with van der Waals surface area (Å²) in [7, 11) is 1.41. The second-order valence-electron chi connectivity index (χ2n) is 9.47. The zero-order valence-corrected chi connectivity index (χ0v) is 24.1. The van der Waals surface area contributed by atoms with Crippen molar-refractivity contribution in [3.63, 3.8) is 0 Å². The Morgan fingerprint density at radius 1 is 1.05 bits per heavy atom. The number of hydrogen-bond acceptors (Lipinski definition) is 7. The van der Waals surface area contributed by atoms with Crippen molar-refractivity contribution in [3.05, 3.63) is 74.9 Å². The highest BCUT2D eigenvalue weighted by molar-refractivity contribution is 9.10. The third kappa shape index (κ3) is 6.31. The van der Waals surface area contributed by atoms with Gasteiger partial charge in [-0.1, -0.05) is 6.92 Å². The number of nitrogens with two attached hydrogens (primary N) is 1. The first kappa shape index (κ1) is 31.5. The molecule has 0 radical (unpaired) electrons. The number of aromatic nitrogens is 3. The number of methoxy groups -OCH3 is 1. The first-order chi connectivity index (χ1) is 19.7. The summed E-state index contributed by atoms with van der Waals surface area (Å²) < 4.78 is 91.5. The van der Waals surface area contributed by atoms with Crippen LogP contribution in [-0.4, -0.2) is 46.8 Å². The van der Waals surface area contributed by atoms with Gasteiger partial charge in [-0.05, 0) is 59.1 Å². The van der Waals surface area contributed by atoms with E-state index >= 15 is 0 Å². The Morgan fingerprint density at radius 2 is 1.69 bits per heavy atom. The van der Waals surface area contributed by atoms with E-state index < -0.39 is 47.6 Å². The first-order valence-electron chi connectivity index (χ1n) is 12.8. The molecule has 42 heavy (non-hydrogen) atoms. The average Bonchev–Trinajstić information content (AvgIpc) is 2.92. The lowest BCUT2D eigenvalue weighted by molar-refractivity contribution is -0.143. The number of hydrogen-bond donors (Lipinski definition) is 1. The Balaban J connectivity index is 1.83. The predicted molar refractivity (Wildman–Crippen MR) is 143 cm³/mol. The number of halogens is 7. The number of anilines is 1. The molecule has 15 heteroatoms. The number of alkyl halides is 6. The standard InChI is InChI=1S/C27H26BrF6N5O3/c1-4-18-22(35)21(23-19(6-7-20(38-23)41-3)39(18)25(40)42-5-2)24-36-12-16(28)17(37-24)10-13-8-14(26(29,30)31)11-15(9-13)27(32,33)34/h6-9,11-12,18,21-22H,4-5,10,35H2,1-3H3. The maximum absolute atomic E-state index is 13.4. The number of rotatable bonds is 6. The van der Waals surface area contributed by atoms with Crippen LogP contribution in [0.15, 0.2) is 41.0 Å². The summed E-state index contributed by atoms with van der Waals surface area (Å²) in [5.74, 6) is -0.483. The quantitative estimate of drug-likeness (QED) is 0.301. The molecule has 1 aliphatic heterocycles. The zero-order valence-electron chi connectivity index (χ0n) is 22.6. The molecule has 0 spiro atoms. The molecular formula is C27H26BrF6N5O3. The lowest BCUT2D eigenvalue weighted by Crippen LogP contribution is -2.57. The van der Waals surface area contributed by atoms with E-state index in [1.165, 1.54) is 18.2 Å². The van der Waals surface area contributed by atoms with Gasteiger partial charge in [-0.2, -0.15) is 26.3 Å². The normalized spacial score (nSPS) is 18.9. The van der Waals surface area contributed by atoms with Gasteiger partial charge in [0.1, 0.15) is 5.82 Å². The molecule has 4 rings (SSSR count). The van der Waals surface area contributed by atoms with Gasteiger partial charge in [-0.15, -0.1) is 0 Å². The number of nitrogens with zero attached hydrogens (tertiary/aromatic N) is 4. The summed E-state index contributed by atoms with van der Waals surface area (Å²) in [6.45, 7) is 3.61. The molecule has 3 heterocycles. The van der Waals surface area contributed by atoms with Crippen molar-refractivity contribution in [1.82, 2.24) is 15.0 Å². The van der Waals surface area contributed by atoms with Gasteiger partial charge in [-0.25, -0.2) is 19.7 Å². The van der Waals surface area contributed by atoms with Gasteiger partial charge in [0, 0.05) is 24.7 Å². The van der Waals surface area contributed by atoms with Crippen molar-refractivity contribution in [2.45, 2.75) is 57.0 Å². The Morgan fingerprint density at radius 3 is 2.24 bits per heavy atom. The van der Waals surface area contributed by atoms with Crippen LogP contribution in [0.25, 0.3) is 0 Å². The Bertz CT molecular complexity index is 1440. The molecule has 1 amide bonds. The van der Waals surface area contributed by atoms with Gasteiger partial charge >= 0.3 is 18.4 Å². The molecule has 0 saturated carbocycles. The highest BCUT2D eigenvalue weighted by Crippen LogP contribution is 2.42. The Hall–Kier alpha value is -3.46. The van der Waals surface area contributed by atoms with Gasteiger partial charge in [0.25, 0.3) is 0 Å². The largest absolute Gasteiger partial charge is 0.481 e. The fraction of sp³-hybridized carbons (Fsp3) is 0.407. The van der Waals surface area contributed by atoms with Crippen LogP contribution in [0.3, 0.4) is 0 Å². The molecular weight excluding hydrogens is 636 g/mol. The lowest BCUT2D eigenvalue weighted by atomic mass is 9.83. The smallest absolute Gasteiger partial charge is 0.416 e. The molecule has 0 saturated heterocycles. The van der Waals surface area contributed by atoms with Crippen molar-refractivity contribution in [2.75, 3.05) is 18.6 Å². The van der Waals surface area contributed by atoms with E-state index in [9.17, 15) is 31.1 Å². The topological polar surface area (TPSA) is 103 Å². The summed E-state index contributed by atoms with van der Waals surface area (Å²) in [5.41, 5.74) is 4.40. The van der Waals surface area contributed by atoms with Crippen molar-refractivity contribution in [2.24, 2.45) is 5.73 Å². The highest BCUT2D eigenvalue weighted by atomic mass is 79.9. The third-order valence-corrected chi connectivity index (χ3v) is 7.48. The van der Waals surface area contributed by atoms with Gasteiger partial charge in [0.05, 0.1) is 58.4 Å². The molecule has 3 aromatic rings. The van der Waals surface area contributed by atoms with Crippen LogP contribution in [0.5, 0.6) is 5.88 Å². The van der Waals surface area contributed by atoms with Crippen LogP contribution in [0.2, 0.25) is 0 Å². The van der Waals surface area contributed by atoms with Gasteiger partial charge in [-0.3, -0.25) is 4.90 Å². The van der Waals surface area contributed by atoms with Crippen LogP contribution in [0.1, 0.15) is 60.1 Å². The van der Waals surface area contributed by atoms with Crippen LogP contribution in [0, 0.1) is 0 Å². The molecule has 0 fully saturated rings. The average molecular weight is 662 g/mol. The second kappa shape index (κ2) is 12.0.